The molecular formula is C13H12N2O3. The van der Waals surface area contributed by atoms with Gasteiger partial charge in [-0.15, -0.1) is 0 Å². The highest BCUT2D eigenvalue weighted by atomic mass is 16.3. The molecule has 0 unspecified atom stereocenters. The Morgan fingerprint density at radius 3 is 3.00 bits per heavy atom. The zero-order valence-electron chi connectivity index (χ0n) is 9.84. The number of benzene rings is 1. The van der Waals surface area contributed by atoms with Gasteiger partial charge in [-0.05, 0) is 12.1 Å². The first-order valence-corrected chi connectivity index (χ1v) is 5.55. The predicted octanol–water partition coefficient (Wildman–Crippen LogP) is 1.65. The molecule has 0 radical (unpaired) electrons. The minimum Gasteiger partial charge on any atom is -0.463 e. The first kappa shape index (κ1) is 12.0. The number of hydrogen-bond acceptors (Lipinski definition) is 4. The quantitative estimate of drug-likeness (QED) is 0.659. The van der Waals surface area contributed by atoms with Crippen LogP contribution in [0.4, 0.5) is 0 Å². The first-order chi connectivity index (χ1) is 8.72. The molecule has 0 spiro atoms. The van der Waals surface area contributed by atoms with Crippen LogP contribution < -0.4 is 10.9 Å². The van der Waals surface area contributed by atoms with E-state index in [-0.39, 0.29) is 11.3 Å². The third-order valence-corrected chi connectivity index (χ3v) is 2.42. The highest BCUT2D eigenvalue weighted by Crippen LogP contribution is 2.09. The maximum Gasteiger partial charge on any atom is 0.239 e. The van der Waals surface area contributed by atoms with Gasteiger partial charge in [-0.3, -0.25) is 9.59 Å². The van der Waals surface area contributed by atoms with E-state index < -0.39 is 0 Å². The number of hydrogen-bond donors (Lipinski definition) is 1. The second kappa shape index (κ2) is 5.27. The van der Waals surface area contributed by atoms with Crippen LogP contribution in [0.25, 0.3) is 11.0 Å². The monoisotopic (exact) mass is 244 g/mol. The van der Waals surface area contributed by atoms with Crippen molar-refractivity contribution in [3.63, 3.8) is 0 Å². The third-order valence-electron chi connectivity index (χ3n) is 2.42. The summed E-state index contributed by atoms with van der Waals surface area (Å²) in [5, 5.41) is 4.18. The van der Waals surface area contributed by atoms with Gasteiger partial charge in [0, 0.05) is 6.42 Å². The Balaban J connectivity index is 2.32. The van der Waals surface area contributed by atoms with Gasteiger partial charge in [0.2, 0.25) is 11.3 Å². The van der Waals surface area contributed by atoms with E-state index in [1.54, 1.807) is 31.2 Å². The Morgan fingerprint density at radius 1 is 1.44 bits per heavy atom. The Hall–Kier alpha value is -2.43. The van der Waals surface area contributed by atoms with Crippen LogP contribution >= 0.6 is 0 Å². The smallest absolute Gasteiger partial charge is 0.239 e. The van der Waals surface area contributed by atoms with Crippen molar-refractivity contribution in [1.82, 2.24) is 5.43 Å². The Kier molecular flexibility index (Phi) is 3.52. The zero-order valence-corrected chi connectivity index (χ0v) is 9.84. The van der Waals surface area contributed by atoms with Crippen molar-refractivity contribution >= 4 is 23.1 Å². The van der Waals surface area contributed by atoms with Gasteiger partial charge in [0.15, 0.2) is 0 Å². The molecule has 0 aliphatic heterocycles. The number of nitrogens with zero attached hydrogens (tertiary/aromatic N) is 1. The van der Waals surface area contributed by atoms with E-state index in [1.165, 1.54) is 12.5 Å². The van der Waals surface area contributed by atoms with Crippen LogP contribution in [0, 0.1) is 0 Å². The highest BCUT2D eigenvalue weighted by molar-refractivity contribution is 5.87. The summed E-state index contributed by atoms with van der Waals surface area (Å²) in [6, 6.07) is 6.96. The molecule has 5 nitrogen and oxygen atoms in total. The molecule has 5 heteroatoms. The predicted molar refractivity (Wildman–Crippen MR) is 68.5 cm³/mol. The fourth-order valence-corrected chi connectivity index (χ4v) is 1.43. The van der Waals surface area contributed by atoms with E-state index in [2.05, 4.69) is 10.5 Å². The Bertz CT molecular complexity index is 659. The number of rotatable bonds is 3. The number of para-hydroxylation sites is 1. The fraction of sp³-hybridized carbons (Fsp3) is 0.154. The number of hydrazone groups is 1. The second-order valence-electron chi connectivity index (χ2n) is 3.66. The number of carbonyl (C=O) groups is 1. The average molecular weight is 244 g/mol. The van der Waals surface area contributed by atoms with Crippen molar-refractivity contribution in [2.45, 2.75) is 13.3 Å². The van der Waals surface area contributed by atoms with Gasteiger partial charge in [0.05, 0.1) is 17.2 Å². The Morgan fingerprint density at radius 2 is 2.22 bits per heavy atom. The van der Waals surface area contributed by atoms with E-state index in [0.29, 0.717) is 23.0 Å². The average Bonchev–Trinajstić information content (AvgIpc) is 2.41. The SMILES string of the molecule is CCC(=O)N/N=C/c1coc2ccccc2c1=O. The maximum absolute atomic E-state index is 12.0. The van der Waals surface area contributed by atoms with E-state index in [0.717, 1.165) is 0 Å². The molecule has 1 aromatic carbocycles. The minimum atomic E-state index is -0.212. The van der Waals surface area contributed by atoms with Crippen LogP contribution in [0.3, 0.4) is 0 Å². The number of amides is 1. The molecule has 0 bridgehead atoms. The lowest BCUT2D eigenvalue weighted by molar-refractivity contribution is -0.120. The molecule has 2 aromatic rings. The molecule has 1 heterocycles. The highest BCUT2D eigenvalue weighted by Gasteiger charge is 2.04. The van der Waals surface area contributed by atoms with Gasteiger partial charge in [0.25, 0.3) is 0 Å². The molecule has 0 atom stereocenters. The summed E-state index contributed by atoms with van der Waals surface area (Å²) in [6.45, 7) is 1.72. The van der Waals surface area contributed by atoms with Gasteiger partial charge in [-0.1, -0.05) is 19.1 Å². The largest absolute Gasteiger partial charge is 0.463 e. The van der Waals surface area contributed by atoms with Crippen LogP contribution in [0.5, 0.6) is 0 Å². The summed E-state index contributed by atoms with van der Waals surface area (Å²) in [5.74, 6) is -0.212. The van der Waals surface area contributed by atoms with Gasteiger partial charge < -0.3 is 4.42 Å². The summed E-state index contributed by atoms with van der Waals surface area (Å²) < 4.78 is 5.30. The van der Waals surface area contributed by atoms with Crippen molar-refractivity contribution < 1.29 is 9.21 Å². The third kappa shape index (κ3) is 2.45. The van der Waals surface area contributed by atoms with Crippen LogP contribution in [0.15, 0.2) is 44.8 Å². The molecule has 92 valence electrons. The molecule has 0 saturated carbocycles. The first-order valence-electron chi connectivity index (χ1n) is 5.55. The van der Waals surface area contributed by atoms with Gasteiger partial charge in [-0.2, -0.15) is 5.10 Å². The van der Waals surface area contributed by atoms with Gasteiger partial charge in [0.1, 0.15) is 11.8 Å². The summed E-state index contributed by atoms with van der Waals surface area (Å²) in [7, 11) is 0. The molecule has 2 rings (SSSR count). The minimum absolute atomic E-state index is 0.175. The fourth-order valence-electron chi connectivity index (χ4n) is 1.43. The zero-order chi connectivity index (χ0) is 13.0. The molecule has 1 amide bonds. The molecule has 0 saturated heterocycles. The summed E-state index contributed by atoms with van der Waals surface area (Å²) in [5.41, 5.74) is 2.95. The number of nitrogens with one attached hydrogen (secondary N) is 1. The lowest BCUT2D eigenvalue weighted by Gasteiger charge is -1.97. The van der Waals surface area contributed by atoms with E-state index in [4.69, 9.17) is 4.42 Å². The second-order valence-corrected chi connectivity index (χ2v) is 3.66. The van der Waals surface area contributed by atoms with Gasteiger partial charge >= 0.3 is 0 Å². The molecule has 0 aliphatic rings. The lowest BCUT2D eigenvalue weighted by Crippen LogP contribution is -2.17. The molecule has 0 fully saturated rings. The number of carbonyl (C=O) groups excluding carboxylic acids is 1. The lowest BCUT2D eigenvalue weighted by atomic mass is 10.2. The Labute approximate surface area is 103 Å². The van der Waals surface area contributed by atoms with Crippen molar-refractivity contribution in [3.8, 4) is 0 Å². The molecule has 1 N–H and O–H groups in total. The maximum atomic E-state index is 12.0. The topological polar surface area (TPSA) is 71.7 Å². The molecule has 1 aromatic heterocycles. The van der Waals surface area contributed by atoms with Crippen molar-refractivity contribution in [3.05, 3.63) is 46.3 Å². The van der Waals surface area contributed by atoms with E-state index >= 15 is 0 Å². The van der Waals surface area contributed by atoms with E-state index in [9.17, 15) is 9.59 Å². The van der Waals surface area contributed by atoms with Crippen LogP contribution in [-0.2, 0) is 4.79 Å². The standard InChI is InChI=1S/C13H12N2O3/c1-2-12(16)15-14-7-9-8-18-11-6-4-3-5-10(11)13(9)17/h3-8H,2H2,1H3,(H,15,16)/b14-7+. The van der Waals surface area contributed by atoms with Crippen LogP contribution in [-0.4, -0.2) is 12.1 Å². The van der Waals surface area contributed by atoms with Crippen LogP contribution in [0.2, 0.25) is 0 Å². The molecular weight excluding hydrogens is 232 g/mol. The summed E-state index contributed by atoms with van der Waals surface area (Å²) in [4.78, 5) is 23.0. The summed E-state index contributed by atoms with van der Waals surface area (Å²) in [6.07, 6.45) is 2.95. The van der Waals surface area contributed by atoms with Crippen LogP contribution in [0.1, 0.15) is 18.9 Å². The van der Waals surface area contributed by atoms with Crippen molar-refractivity contribution in [1.29, 1.82) is 0 Å². The number of fused-ring (bicyclic) bond motifs is 1. The van der Waals surface area contributed by atoms with Crippen molar-refractivity contribution in [2.24, 2.45) is 5.10 Å². The van der Waals surface area contributed by atoms with Gasteiger partial charge in [-0.25, -0.2) is 5.43 Å². The summed E-state index contributed by atoms with van der Waals surface area (Å²) >= 11 is 0. The molecule has 18 heavy (non-hydrogen) atoms. The van der Waals surface area contributed by atoms with E-state index in [1.807, 2.05) is 0 Å². The van der Waals surface area contributed by atoms with Crippen molar-refractivity contribution in [2.75, 3.05) is 0 Å². The normalized spacial score (nSPS) is 10.9. The molecule has 0 aliphatic carbocycles.